The molecule has 0 spiro atoms. The van der Waals surface area contributed by atoms with Gasteiger partial charge in [-0.2, -0.15) is 0 Å². The Balaban J connectivity index is 1.88. The van der Waals surface area contributed by atoms with Crippen molar-refractivity contribution in [1.82, 2.24) is 0 Å². The summed E-state index contributed by atoms with van der Waals surface area (Å²) in [6, 6.07) is 15.4. The summed E-state index contributed by atoms with van der Waals surface area (Å²) in [6.07, 6.45) is 0.749. The summed E-state index contributed by atoms with van der Waals surface area (Å²) in [5.41, 5.74) is 0.580. The van der Waals surface area contributed by atoms with Gasteiger partial charge >= 0.3 is 0 Å². The van der Waals surface area contributed by atoms with Gasteiger partial charge in [0.1, 0.15) is 11.5 Å². The highest BCUT2D eigenvalue weighted by molar-refractivity contribution is 7.94. The lowest BCUT2D eigenvalue weighted by Gasteiger charge is -2.30. The van der Waals surface area contributed by atoms with Crippen LogP contribution >= 0.6 is 0 Å². The van der Waals surface area contributed by atoms with Crippen LogP contribution in [0.1, 0.15) is 6.92 Å². The van der Waals surface area contributed by atoms with Crippen LogP contribution in [0, 0.1) is 0 Å². The normalized spacial score (nSPS) is 18.7. The number of rotatable bonds is 6. The minimum absolute atomic E-state index is 0.150. The fourth-order valence-electron chi connectivity index (χ4n) is 2.89. The summed E-state index contributed by atoms with van der Waals surface area (Å²) in [5.74, 6) is 0.746. The molecule has 0 radical (unpaired) electrons. The maximum atomic E-state index is 13.1. The van der Waals surface area contributed by atoms with E-state index in [0.29, 0.717) is 17.2 Å². The van der Waals surface area contributed by atoms with E-state index in [1.807, 2.05) is 18.2 Å². The van der Waals surface area contributed by atoms with Gasteiger partial charge in [0.15, 0.2) is 15.9 Å². The lowest BCUT2D eigenvalue weighted by molar-refractivity contribution is -0.124. The van der Waals surface area contributed by atoms with Crippen LogP contribution in [0.2, 0.25) is 0 Å². The second-order valence-electron chi connectivity index (χ2n) is 6.20. The van der Waals surface area contributed by atoms with Crippen molar-refractivity contribution < 1.29 is 22.7 Å². The van der Waals surface area contributed by atoms with E-state index in [-0.39, 0.29) is 11.7 Å². The summed E-state index contributed by atoms with van der Waals surface area (Å²) >= 11 is 0. The molecule has 2 atom stereocenters. The molecule has 2 aromatic rings. The number of sulfone groups is 1. The van der Waals surface area contributed by atoms with Gasteiger partial charge in [-0.3, -0.25) is 4.79 Å². The van der Waals surface area contributed by atoms with Crippen LogP contribution < -0.4 is 14.4 Å². The molecule has 27 heavy (non-hydrogen) atoms. The molecule has 0 bridgehead atoms. The Hall–Kier alpha value is -2.80. The number of anilines is 1. The van der Waals surface area contributed by atoms with Gasteiger partial charge in [-0.25, -0.2) is 8.42 Å². The van der Waals surface area contributed by atoms with Gasteiger partial charge in [-0.05, 0) is 49.4 Å². The average Bonchev–Trinajstić information content (AvgIpc) is 3.02. The molecule has 6 nitrogen and oxygen atoms in total. The minimum Gasteiger partial charge on any atom is -0.497 e. The number of carbonyl (C=O) groups is 1. The molecule has 0 saturated heterocycles. The molecule has 7 heteroatoms. The molecule has 1 amide bonds. The third-order valence-corrected chi connectivity index (χ3v) is 5.61. The summed E-state index contributed by atoms with van der Waals surface area (Å²) < 4.78 is 34.7. The Morgan fingerprint density at radius 3 is 2.30 bits per heavy atom. The fraction of sp³-hybridized carbons (Fsp3) is 0.250. The van der Waals surface area contributed by atoms with Crippen molar-refractivity contribution in [3.8, 4) is 11.5 Å². The molecule has 1 heterocycles. The summed E-state index contributed by atoms with van der Waals surface area (Å²) in [6.45, 7) is 1.65. The number of para-hydroxylation sites is 1. The number of methoxy groups -OCH3 is 1. The molecular weight excluding hydrogens is 366 g/mol. The number of hydrogen-bond acceptors (Lipinski definition) is 5. The Bertz CT molecular complexity index is 923. The molecule has 142 valence electrons. The fourth-order valence-corrected chi connectivity index (χ4v) is 4.16. The van der Waals surface area contributed by atoms with Crippen molar-refractivity contribution >= 4 is 21.4 Å². The molecule has 0 N–H and O–H groups in total. The Kier molecular flexibility index (Phi) is 5.51. The zero-order valence-electron chi connectivity index (χ0n) is 15.1. The topological polar surface area (TPSA) is 72.9 Å². The van der Waals surface area contributed by atoms with E-state index in [1.54, 1.807) is 50.4 Å². The van der Waals surface area contributed by atoms with E-state index in [4.69, 9.17) is 9.47 Å². The van der Waals surface area contributed by atoms with E-state index >= 15 is 0 Å². The number of carbonyl (C=O) groups excluding carboxylic acids is 1. The monoisotopic (exact) mass is 387 g/mol. The van der Waals surface area contributed by atoms with Crippen molar-refractivity contribution in [2.24, 2.45) is 0 Å². The third kappa shape index (κ3) is 4.49. The van der Waals surface area contributed by atoms with Crippen molar-refractivity contribution in [3.05, 3.63) is 66.1 Å². The first-order chi connectivity index (χ1) is 12.9. The second-order valence-corrected chi connectivity index (χ2v) is 8.14. The van der Waals surface area contributed by atoms with Crippen LogP contribution in [0.15, 0.2) is 66.1 Å². The van der Waals surface area contributed by atoms with E-state index in [0.717, 1.165) is 5.41 Å². The van der Waals surface area contributed by atoms with Gasteiger partial charge in [0.05, 0.1) is 18.9 Å². The number of ether oxygens (including phenoxy) is 2. The molecule has 0 unspecified atom stereocenters. The zero-order valence-corrected chi connectivity index (χ0v) is 15.9. The molecule has 3 rings (SSSR count). The van der Waals surface area contributed by atoms with Gasteiger partial charge in [0.2, 0.25) is 0 Å². The first-order valence-electron chi connectivity index (χ1n) is 8.49. The van der Waals surface area contributed by atoms with Gasteiger partial charge in [-0.15, -0.1) is 0 Å². The van der Waals surface area contributed by atoms with Crippen LogP contribution in [0.4, 0.5) is 5.69 Å². The zero-order chi connectivity index (χ0) is 19.4. The Morgan fingerprint density at radius 1 is 1.07 bits per heavy atom. The van der Waals surface area contributed by atoms with E-state index in [2.05, 4.69) is 0 Å². The van der Waals surface area contributed by atoms with E-state index < -0.39 is 22.0 Å². The van der Waals surface area contributed by atoms with E-state index in [9.17, 15) is 13.2 Å². The maximum Gasteiger partial charge on any atom is 0.268 e. The van der Waals surface area contributed by atoms with Crippen molar-refractivity contribution in [3.63, 3.8) is 0 Å². The molecule has 0 aromatic heterocycles. The Morgan fingerprint density at radius 2 is 1.74 bits per heavy atom. The van der Waals surface area contributed by atoms with Gasteiger partial charge in [0.25, 0.3) is 5.91 Å². The van der Waals surface area contributed by atoms with Crippen LogP contribution in [0.25, 0.3) is 0 Å². The van der Waals surface area contributed by atoms with Gasteiger partial charge in [-0.1, -0.05) is 18.2 Å². The second kappa shape index (κ2) is 7.84. The summed E-state index contributed by atoms with van der Waals surface area (Å²) in [5, 5.41) is 1.16. The molecule has 1 aliphatic rings. The SMILES string of the molecule is COc1ccc(N(C(=O)[C@H](C)Oc2ccccc2)[C@H]2C=CS(=O)(=O)C2)cc1. The van der Waals surface area contributed by atoms with Crippen LogP contribution in [-0.4, -0.2) is 39.3 Å². The lowest BCUT2D eigenvalue weighted by Crippen LogP contribution is -2.47. The number of nitrogens with zero attached hydrogens (tertiary/aromatic N) is 1. The lowest BCUT2D eigenvalue weighted by atomic mass is 10.1. The summed E-state index contributed by atoms with van der Waals surface area (Å²) in [7, 11) is -1.76. The maximum absolute atomic E-state index is 13.1. The highest BCUT2D eigenvalue weighted by Gasteiger charge is 2.34. The van der Waals surface area contributed by atoms with Gasteiger partial charge in [0, 0.05) is 11.1 Å². The standard InChI is InChI=1S/C20H21NO5S/c1-15(26-19-6-4-3-5-7-19)20(22)21(17-12-13-27(23,24)14-17)16-8-10-18(25-2)11-9-16/h3-13,15,17H,14H2,1-2H3/t15-,17-/m0/s1. The largest absolute Gasteiger partial charge is 0.497 e. The minimum atomic E-state index is -3.32. The van der Waals surface area contributed by atoms with E-state index in [1.165, 1.54) is 11.0 Å². The van der Waals surface area contributed by atoms with Gasteiger partial charge < -0.3 is 14.4 Å². The number of hydrogen-bond donors (Lipinski definition) is 0. The summed E-state index contributed by atoms with van der Waals surface area (Å²) in [4.78, 5) is 14.6. The predicted octanol–water partition coefficient (Wildman–Crippen LogP) is 2.81. The number of benzene rings is 2. The molecule has 0 aliphatic carbocycles. The van der Waals surface area contributed by atoms with Crippen molar-refractivity contribution in [2.75, 3.05) is 17.8 Å². The van der Waals surface area contributed by atoms with Crippen molar-refractivity contribution in [2.45, 2.75) is 19.1 Å². The average molecular weight is 387 g/mol. The molecule has 0 saturated carbocycles. The predicted molar refractivity (Wildman–Crippen MR) is 104 cm³/mol. The highest BCUT2D eigenvalue weighted by Crippen LogP contribution is 2.26. The quantitative estimate of drug-likeness (QED) is 0.762. The number of amides is 1. The van der Waals surface area contributed by atoms with Crippen LogP contribution in [0.3, 0.4) is 0 Å². The molecular formula is C20H21NO5S. The Labute approximate surface area is 158 Å². The third-order valence-electron chi connectivity index (χ3n) is 4.23. The molecule has 1 aliphatic heterocycles. The highest BCUT2D eigenvalue weighted by atomic mass is 32.2. The smallest absolute Gasteiger partial charge is 0.268 e. The first-order valence-corrected chi connectivity index (χ1v) is 10.2. The first kappa shape index (κ1) is 19.0. The molecule has 0 fully saturated rings. The van der Waals surface area contributed by atoms with Crippen LogP contribution in [-0.2, 0) is 14.6 Å². The van der Waals surface area contributed by atoms with Crippen molar-refractivity contribution in [1.29, 1.82) is 0 Å². The van der Waals surface area contributed by atoms with Crippen LogP contribution in [0.5, 0.6) is 11.5 Å². The molecule has 2 aromatic carbocycles.